The molecule has 0 bridgehead atoms. The van der Waals surface area contributed by atoms with Crippen LogP contribution in [0.25, 0.3) is 0 Å². The molecule has 168 valence electrons. The van der Waals surface area contributed by atoms with Crippen LogP contribution in [0.15, 0.2) is 29.5 Å². The zero-order valence-electron chi connectivity index (χ0n) is 18.3. The third-order valence-corrected chi connectivity index (χ3v) is 6.40. The topological polar surface area (TPSA) is 84.5 Å². The van der Waals surface area contributed by atoms with Gasteiger partial charge in [0, 0.05) is 24.6 Å². The van der Waals surface area contributed by atoms with Crippen LogP contribution in [0.5, 0.6) is 5.75 Å². The minimum absolute atomic E-state index is 0.0544. The van der Waals surface area contributed by atoms with Crippen LogP contribution in [-0.2, 0) is 9.59 Å². The van der Waals surface area contributed by atoms with Crippen LogP contribution in [0.1, 0.15) is 83.2 Å². The number of halogens is 1. The Morgan fingerprint density at radius 2 is 1.87 bits per heavy atom. The number of ketones is 1. The number of allylic oxidation sites excluding steroid dienone is 1. The fourth-order valence-corrected chi connectivity index (χ4v) is 4.76. The zero-order valence-corrected chi connectivity index (χ0v) is 19.0. The summed E-state index contributed by atoms with van der Waals surface area (Å²) >= 11 is 6.30. The van der Waals surface area contributed by atoms with Gasteiger partial charge in [0.05, 0.1) is 11.1 Å². The predicted octanol–water partition coefficient (Wildman–Crippen LogP) is 5.60. The highest BCUT2D eigenvalue weighted by atomic mass is 35.5. The molecule has 3 rings (SSSR count). The monoisotopic (exact) mass is 446 g/mol. The van der Waals surface area contributed by atoms with Crippen molar-refractivity contribution < 1.29 is 19.1 Å². The molecule has 1 aromatic carbocycles. The maximum atomic E-state index is 13.3. The number of nitrogens with one attached hydrogen (secondary N) is 2. The van der Waals surface area contributed by atoms with Crippen molar-refractivity contribution in [1.82, 2.24) is 10.6 Å². The van der Waals surface area contributed by atoms with Gasteiger partial charge in [-0.1, -0.05) is 63.1 Å². The molecule has 31 heavy (non-hydrogen) atoms. The summed E-state index contributed by atoms with van der Waals surface area (Å²) in [6.45, 7) is 3.23. The van der Waals surface area contributed by atoms with Crippen molar-refractivity contribution in [2.45, 2.75) is 77.7 Å². The Balaban J connectivity index is 1.83. The molecule has 0 aromatic heterocycles. The fourth-order valence-electron chi connectivity index (χ4n) is 4.53. The van der Waals surface area contributed by atoms with E-state index < -0.39 is 12.0 Å². The Labute approximate surface area is 188 Å². The van der Waals surface area contributed by atoms with Crippen LogP contribution < -0.4 is 15.4 Å². The summed E-state index contributed by atoms with van der Waals surface area (Å²) in [6, 6.07) is 4.03. The number of hydrogen-bond acceptors (Lipinski definition) is 4. The summed E-state index contributed by atoms with van der Waals surface area (Å²) in [7, 11) is 0. The Bertz CT molecular complexity index is 872. The van der Waals surface area contributed by atoms with Crippen LogP contribution in [0.2, 0.25) is 5.02 Å². The van der Waals surface area contributed by atoms with Crippen molar-refractivity contribution >= 4 is 29.4 Å². The highest BCUT2D eigenvalue weighted by molar-refractivity contribution is 6.32. The summed E-state index contributed by atoms with van der Waals surface area (Å²) in [5, 5.41) is 5.92. The van der Waals surface area contributed by atoms with E-state index in [1.807, 2.05) is 6.92 Å². The number of carbonyl (C=O) groups excluding carboxylic acids is 3. The van der Waals surface area contributed by atoms with E-state index in [-0.39, 0.29) is 22.6 Å². The number of carbonyl (C=O) groups is 3. The van der Waals surface area contributed by atoms with E-state index in [9.17, 15) is 14.4 Å². The van der Waals surface area contributed by atoms with Crippen LogP contribution in [0.4, 0.5) is 4.79 Å². The third kappa shape index (κ3) is 6.10. The molecule has 2 aliphatic rings. The number of hydrogen-bond donors (Lipinski definition) is 2. The Morgan fingerprint density at radius 1 is 1.16 bits per heavy atom. The lowest BCUT2D eigenvalue weighted by Crippen LogP contribution is -2.45. The smallest absolute Gasteiger partial charge is 0.319 e. The molecule has 0 spiro atoms. The van der Waals surface area contributed by atoms with Gasteiger partial charge in [0.25, 0.3) is 0 Å². The molecule has 1 aliphatic carbocycles. The van der Waals surface area contributed by atoms with Gasteiger partial charge in [0.1, 0.15) is 5.75 Å². The van der Waals surface area contributed by atoms with Gasteiger partial charge in [-0.05, 0) is 36.5 Å². The molecule has 1 heterocycles. The molecule has 2 amide bonds. The lowest BCUT2D eigenvalue weighted by atomic mass is 9.87. The van der Waals surface area contributed by atoms with E-state index >= 15 is 0 Å². The second kappa shape index (κ2) is 10.8. The van der Waals surface area contributed by atoms with Crippen molar-refractivity contribution in [1.29, 1.82) is 0 Å². The average molecular weight is 447 g/mol. The summed E-state index contributed by atoms with van der Waals surface area (Å²) in [6.07, 6.45) is 9.35. The molecule has 1 saturated carbocycles. The zero-order chi connectivity index (χ0) is 22.4. The molecule has 1 fully saturated rings. The Kier molecular flexibility index (Phi) is 8.13. The molecule has 1 atom stereocenters. The number of amides is 2. The number of Topliss-reactive ketones (excluding diaryl/α,β-unsaturated/α-hetero) is 1. The lowest BCUT2D eigenvalue weighted by molar-refractivity contribution is -0.131. The van der Waals surface area contributed by atoms with E-state index in [1.54, 1.807) is 18.2 Å². The summed E-state index contributed by atoms with van der Waals surface area (Å²) in [5.41, 5.74) is 1.92. The van der Waals surface area contributed by atoms with Crippen molar-refractivity contribution in [3.63, 3.8) is 0 Å². The second-order valence-electron chi connectivity index (χ2n) is 8.38. The molecule has 0 saturated heterocycles. The quantitative estimate of drug-likeness (QED) is 0.324. The van der Waals surface area contributed by atoms with Gasteiger partial charge in [-0.2, -0.15) is 0 Å². The average Bonchev–Trinajstić information content (AvgIpc) is 3.01. The number of esters is 1. The predicted molar refractivity (Wildman–Crippen MR) is 120 cm³/mol. The minimum Gasteiger partial charge on any atom is -0.425 e. The normalized spacial score (nSPS) is 20.0. The first-order chi connectivity index (χ1) is 14.9. The van der Waals surface area contributed by atoms with Crippen molar-refractivity contribution in [2.75, 3.05) is 0 Å². The Morgan fingerprint density at radius 3 is 2.48 bits per heavy atom. The number of benzene rings is 1. The highest BCUT2D eigenvalue weighted by Crippen LogP contribution is 2.35. The minimum atomic E-state index is -0.589. The lowest BCUT2D eigenvalue weighted by Gasteiger charge is -2.30. The number of urea groups is 1. The van der Waals surface area contributed by atoms with E-state index in [0.29, 0.717) is 35.6 Å². The van der Waals surface area contributed by atoms with Gasteiger partial charge >= 0.3 is 12.0 Å². The van der Waals surface area contributed by atoms with Gasteiger partial charge < -0.3 is 15.4 Å². The van der Waals surface area contributed by atoms with Crippen LogP contribution in [-0.4, -0.2) is 17.8 Å². The van der Waals surface area contributed by atoms with Crippen molar-refractivity contribution in [2.24, 2.45) is 5.92 Å². The van der Waals surface area contributed by atoms with Crippen LogP contribution in [0.3, 0.4) is 0 Å². The molecule has 0 radical (unpaired) electrons. The molecule has 0 unspecified atom stereocenters. The van der Waals surface area contributed by atoms with E-state index in [4.69, 9.17) is 16.3 Å². The van der Waals surface area contributed by atoms with Gasteiger partial charge in [-0.3, -0.25) is 9.59 Å². The maximum absolute atomic E-state index is 13.3. The molecule has 7 heteroatoms. The molecule has 2 N–H and O–H groups in total. The third-order valence-electron chi connectivity index (χ3n) is 6.10. The van der Waals surface area contributed by atoms with E-state index in [1.165, 1.54) is 45.4 Å². The van der Waals surface area contributed by atoms with E-state index in [0.717, 1.165) is 6.42 Å². The van der Waals surface area contributed by atoms with Gasteiger partial charge in [0.15, 0.2) is 5.78 Å². The Hall–Kier alpha value is -2.34. The second-order valence-corrected chi connectivity index (χ2v) is 8.79. The van der Waals surface area contributed by atoms with E-state index in [2.05, 4.69) is 10.6 Å². The first kappa shape index (κ1) is 23.3. The van der Waals surface area contributed by atoms with Crippen molar-refractivity contribution in [3.05, 3.63) is 40.1 Å². The molecule has 1 aliphatic heterocycles. The summed E-state index contributed by atoms with van der Waals surface area (Å²) < 4.78 is 5.09. The largest absolute Gasteiger partial charge is 0.425 e. The maximum Gasteiger partial charge on any atom is 0.319 e. The van der Waals surface area contributed by atoms with Gasteiger partial charge in [0.2, 0.25) is 0 Å². The fraction of sp³-hybridized carbons (Fsp3) is 0.542. The number of rotatable bonds is 7. The van der Waals surface area contributed by atoms with Gasteiger partial charge in [-0.15, -0.1) is 0 Å². The first-order valence-electron chi connectivity index (χ1n) is 11.2. The highest BCUT2D eigenvalue weighted by Gasteiger charge is 2.32. The van der Waals surface area contributed by atoms with Gasteiger partial charge in [-0.25, -0.2) is 4.79 Å². The summed E-state index contributed by atoms with van der Waals surface area (Å²) in [4.78, 5) is 36.8. The molecule has 1 aromatic rings. The van der Waals surface area contributed by atoms with Crippen LogP contribution >= 0.6 is 11.6 Å². The number of ether oxygens (including phenoxy) is 1. The SMILES string of the molecule is CCC1=C(C(=O)CCC2CCCCCC2)[C@H](c2ccc(OC(C)=O)c(Cl)c2)NC(=O)N1. The standard InChI is InChI=1S/C24H31ClN2O4/c1-3-19-22(20(29)12-10-16-8-6-4-5-7-9-16)23(27-24(30)26-19)17-11-13-21(18(25)14-17)31-15(2)28/h11,13-14,16,23H,3-10,12H2,1-2H3,(H2,26,27,30)/t23-/m0/s1. The molecular weight excluding hydrogens is 416 g/mol. The summed E-state index contributed by atoms with van der Waals surface area (Å²) in [5.74, 6) is 0.435. The van der Waals surface area contributed by atoms with Crippen molar-refractivity contribution in [3.8, 4) is 5.75 Å². The van der Waals surface area contributed by atoms with Crippen LogP contribution in [0, 0.1) is 5.92 Å². The first-order valence-corrected chi connectivity index (χ1v) is 11.6. The molecule has 6 nitrogen and oxygen atoms in total. The molecular formula is C24H31ClN2O4.